The molecule has 1 aromatic heterocycles. The van der Waals surface area contributed by atoms with E-state index in [2.05, 4.69) is 5.10 Å². The number of nitrogens with zero attached hydrogens (tertiary/aromatic N) is 3. The number of aliphatic hydroxyl groups excluding tert-OH is 1. The lowest BCUT2D eigenvalue weighted by Gasteiger charge is -2.36. The predicted octanol–water partition coefficient (Wildman–Crippen LogP) is 1.47. The van der Waals surface area contributed by atoms with Crippen LogP contribution in [0.2, 0.25) is 0 Å². The van der Waals surface area contributed by atoms with Crippen molar-refractivity contribution in [2.24, 2.45) is 7.05 Å². The molecule has 2 atom stereocenters. The van der Waals surface area contributed by atoms with E-state index in [4.69, 9.17) is 0 Å². The Bertz CT molecular complexity index is 622. The molecule has 0 aliphatic carbocycles. The molecule has 2 heterocycles. The summed E-state index contributed by atoms with van der Waals surface area (Å²) in [6.07, 6.45) is 3.03. The van der Waals surface area contributed by atoms with Crippen molar-refractivity contribution in [1.82, 2.24) is 14.1 Å². The molecule has 1 aromatic rings. The lowest BCUT2D eigenvalue weighted by molar-refractivity contribution is 0.0830. The smallest absolute Gasteiger partial charge is 0.247 e. The highest BCUT2D eigenvalue weighted by molar-refractivity contribution is 7.89. The van der Waals surface area contributed by atoms with Gasteiger partial charge in [0.2, 0.25) is 10.0 Å². The van der Waals surface area contributed by atoms with Gasteiger partial charge in [0.25, 0.3) is 0 Å². The Hall–Kier alpha value is -0.920. The molecule has 0 saturated carbocycles. The first-order valence-electron chi connectivity index (χ1n) is 8.09. The summed E-state index contributed by atoms with van der Waals surface area (Å²) in [6.45, 7) is 6.00. The van der Waals surface area contributed by atoms with Gasteiger partial charge in [-0.1, -0.05) is 20.3 Å². The van der Waals surface area contributed by atoms with Crippen LogP contribution in [0.3, 0.4) is 0 Å². The van der Waals surface area contributed by atoms with Crippen LogP contribution in [-0.2, 0) is 29.9 Å². The van der Waals surface area contributed by atoms with Crippen LogP contribution in [-0.4, -0.2) is 46.3 Å². The normalized spacial score (nSPS) is 22.0. The highest BCUT2D eigenvalue weighted by atomic mass is 32.2. The number of aliphatic hydroxyl groups is 1. The summed E-state index contributed by atoms with van der Waals surface area (Å²) in [7, 11) is -1.84. The minimum absolute atomic E-state index is 0.339. The molecule has 1 fully saturated rings. The summed E-state index contributed by atoms with van der Waals surface area (Å²) in [5.74, 6) is 0. The van der Waals surface area contributed by atoms with Gasteiger partial charge in [0.1, 0.15) is 4.90 Å². The van der Waals surface area contributed by atoms with Crippen molar-refractivity contribution >= 4 is 10.0 Å². The van der Waals surface area contributed by atoms with Crippen LogP contribution in [0.4, 0.5) is 0 Å². The van der Waals surface area contributed by atoms with Crippen LogP contribution in [0.5, 0.6) is 0 Å². The minimum Gasteiger partial charge on any atom is -0.392 e. The van der Waals surface area contributed by atoms with Gasteiger partial charge >= 0.3 is 0 Å². The summed E-state index contributed by atoms with van der Waals surface area (Å²) in [5, 5.41) is 14.4. The standard InChI is InChI=1S/C15H27N3O3S/c1-5-12-15(13(6-2)17(4)16-12)22(20,21)18-10-8-7-9-14(18)11(3)19/h11,14,19H,5-10H2,1-4H3/t11-,14-/m0/s1. The molecule has 1 aliphatic rings. The quantitative estimate of drug-likeness (QED) is 0.887. The second-order valence-electron chi connectivity index (χ2n) is 5.97. The number of sulfonamides is 1. The van der Waals surface area contributed by atoms with Crippen LogP contribution in [0.25, 0.3) is 0 Å². The van der Waals surface area contributed by atoms with E-state index in [1.807, 2.05) is 13.8 Å². The zero-order chi connectivity index (χ0) is 16.5. The maximum atomic E-state index is 13.2. The Morgan fingerprint density at radius 3 is 2.55 bits per heavy atom. The highest BCUT2D eigenvalue weighted by Crippen LogP contribution is 2.31. The van der Waals surface area contributed by atoms with Crippen LogP contribution in [0.15, 0.2) is 4.90 Å². The topological polar surface area (TPSA) is 75.4 Å². The predicted molar refractivity (Wildman–Crippen MR) is 85.2 cm³/mol. The van der Waals surface area contributed by atoms with Crippen LogP contribution < -0.4 is 0 Å². The summed E-state index contributed by atoms with van der Waals surface area (Å²) in [5.41, 5.74) is 1.36. The molecule has 2 rings (SSSR count). The number of hydrogen-bond donors (Lipinski definition) is 1. The second kappa shape index (κ2) is 6.68. The maximum absolute atomic E-state index is 13.2. The molecular formula is C15H27N3O3S. The van der Waals surface area contributed by atoms with E-state index < -0.39 is 16.1 Å². The molecule has 0 aromatic carbocycles. The van der Waals surface area contributed by atoms with E-state index in [-0.39, 0.29) is 6.04 Å². The summed E-state index contributed by atoms with van der Waals surface area (Å²) >= 11 is 0. The van der Waals surface area contributed by atoms with Gasteiger partial charge in [-0.15, -0.1) is 0 Å². The molecule has 1 aliphatic heterocycles. The van der Waals surface area contributed by atoms with Crippen molar-refractivity contribution in [1.29, 1.82) is 0 Å². The van der Waals surface area contributed by atoms with Gasteiger partial charge in [0.15, 0.2) is 0 Å². The molecule has 0 unspecified atom stereocenters. The number of aromatic nitrogens is 2. The second-order valence-corrected chi connectivity index (χ2v) is 7.80. The van der Waals surface area contributed by atoms with Gasteiger partial charge in [-0.25, -0.2) is 8.42 Å². The van der Waals surface area contributed by atoms with Crippen LogP contribution in [0, 0.1) is 0 Å². The van der Waals surface area contributed by atoms with E-state index in [9.17, 15) is 13.5 Å². The third-order valence-electron chi connectivity index (χ3n) is 4.48. The zero-order valence-electron chi connectivity index (χ0n) is 13.9. The molecular weight excluding hydrogens is 302 g/mol. The van der Waals surface area contributed by atoms with Crippen molar-refractivity contribution in [3.05, 3.63) is 11.4 Å². The molecule has 1 N–H and O–H groups in total. The Morgan fingerprint density at radius 2 is 2.00 bits per heavy atom. The Morgan fingerprint density at radius 1 is 1.32 bits per heavy atom. The first-order chi connectivity index (χ1) is 10.3. The lowest BCUT2D eigenvalue weighted by Crippen LogP contribution is -2.49. The Labute approximate surface area is 133 Å². The first kappa shape index (κ1) is 17.4. The third kappa shape index (κ3) is 2.94. The highest BCUT2D eigenvalue weighted by Gasteiger charge is 2.39. The summed E-state index contributed by atoms with van der Waals surface area (Å²) in [4.78, 5) is 0.354. The summed E-state index contributed by atoms with van der Waals surface area (Å²) in [6, 6.07) is -0.339. The van der Waals surface area contributed by atoms with Gasteiger partial charge in [-0.05, 0) is 32.6 Å². The van der Waals surface area contributed by atoms with E-state index >= 15 is 0 Å². The van der Waals surface area contributed by atoms with Crippen molar-refractivity contribution in [2.45, 2.75) is 69.9 Å². The number of aryl methyl sites for hydroxylation is 2. The molecule has 0 spiro atoms. The van der Waals surface area contributed by atoms with E-state index in [1.54, 1.807) is 18.7 Å². The fourth-order valence-electron chi connectivity index (χ4n) is 3.35. The maximum Gasteiger partial charge on any atom is 0.247 e. The van der Waals surface area contributed by atoms with Gasteiger partial charge < -0.3 is 5.11 Å². The first-order valence-corrected chi connectivity index (χ1v) is 9.53. The van der Waals surface area contributed by atoms with Gasteiger partial charge in [-0.2, -0.15) is 9.40 Å². The van der Waals surface area contributed by atoms with Crippen molar-refractivity contribution in [3.8, 4) is 0 Å². The third-order valence-corrected chi connectivity index (χ3v) is 6.54. The molecule has 7 heteroatoms. The van der Waals surface area contributed by atoms with Gasteiger partial charge in [0, 0.05) is 13.6 Å². The molecule has 22 heavy (non-hydrogen) atoms. The Balaban J connectivity index is 2.54. The minimum atomic E-state index is -3.63. The monoisotopic (exact) mass is 329 g/mol. The van der Waals surface area contributed by atoms with Crippen molar-refractivity contribution in [3.63, 3.8) is 0 Å². The lowest BCUT2D eigenvalue weighted by atomic mass is 10.0. The Kier molecular flexibility index (Phi) is 5.29. The van der Waals surface area contributed by atoms with Crippen LogP contribution in [0.1, 0.15) is 51.4 Å². The molecule has 0 radical (unpaired) electrons. The average Bonchev–Trinajstić information content (AvgIpc) is 2.83. The fraction of sp³-hybridized carbons (Fsp3) is 0.800. The molecule has 0 bridgehead atoms. The number of hydrogen-bond acceptors (Lipinski definition) is 4. The van der Waals surface area contributed by atoms with Gasteiger partial charge in [0.05, 0.1) is 23.5 Å². The molecule has 0 amide bonds. The van der Waals surface area contributed by atoms with E-state index in [0.29, 0.717) is 36.4 Å². The van der Waals surface area contributed by atoms with Crippen molar-refractivity contribution in [2.75, 3.05) is 6.54 Å². The van der Waals surface area contributed by atoms with Crippen molar-refractivity contribution < 1.29 is 13.5 Å². The fourth-order valence-corrected chi connectivity index (χ4v) is 5.65. The van der Waals surface area contributed by atoms with Crippen LogP contribution >= 0.6 is 0 Å². The van der Waals surface area contributed by atoms with E-state index in [0.717, 1.165) is 18.5 Å². The molecule has 1 saturated heterocycles. The molecule has 6 nitrogen and oxygen atoms in total. The van der Waals surface area contributed by atoms with Gasteiger partial charge in [-0.3, -0.25) is 4.68 Å². The number of rotatable bonds is 5. The SMILES string of the molecule is CCc1nn(C)c(CC)c1S(=O)(=O)N1CCCC[C@H]1[C@H](C)O. The molecule has 126 valence electrons. The summed E-state index contributed by atoms with van der Waals surface area (Å²) < 4.78 is 29.6. The largest absolute Gasteiger partial charge is 0.392 e. The number of piperidine rings is 1. The van der Waals surface area contributed by atoms with E-state index in [1.165, 1.54) is 4.31 Å². The zero-order valence-corrected chi connectivity index (χ0v) is 14.7. The average molecular weight is 329 g/mol.